The zero-order valence-electron chi connectivity index (χ0n) is 11.7. The summed E-state index contributed by atoms with van der Waals surface area (Å²) in [6.45, 7) is 5.64. The molecule has 0 fully saturated rings. The lowest BCUT2D eigenvalue weighted by molar-refractivity contribution is 0.596. The van der Waals surface area contributed by atoms with E-state index in [0.29, 0.717) is 5.75 Å². The molecule has 0 aliphatic heterocycles. The first-order chi connectivity index (χ1) is 9.07. The van der Waals surface area contributed by atoms with Crippen LogP contribution in [0.15, 0.2) is 29.2 Å². The van der Waals surface area contributed by atoms with Gasteiger partial charge in [-0.1, -0.05) is 26.0 Å². The van der Waals surface area contributed by atoms with Crippen LogP contribution in [0, 0.1) is 0 Å². The van der Waals surface area contributed by atoms with E-state index in [1.54, 1.807) is 18.7 Å². The maximum Gasteiger partial charge on any atom is 0.150 e. The Kier molecular flexibility index (Phi) is 7.49. The third-order valence-corrected chi connectivity index (χ3v) is 5.66. The molecule has 1 aromatic rings. The average molecular weight is 301 g/mol. The molecule has 19 heavy (non-hydrogen) atoms. The van der Waals surface area contributed by atoms with Gasteiger partial charge in [-0.3, -0.25) is 0 Å². The Hall–Kier alpha value is -0.520. The van der Waals surface area contributed by atoms with E-state index in [-0.39, 0.29) is 5.75 Å². The van der Waals surface area contributed by atoms with Gasteiger partial charge in [-0.25, -0.2) is 8.42 Å². The van der Waals surface area contributed by atoms with E-state index in [1.807, 2.05) is 0 Å². The van der Waals surface area contributed by atoms with E-state index < -0.39 is 9.84 Å². The summed E-state index contributed by atoms with van der Waals surface area (Å²) < 4.78 is 22.7. The van der Waals surface area contributed by atoms with Gasteiger partial charge in [0.15, 0.2) is 0 Å². The molecule has 1 rings (SSSR count). The molecule has 0 saturated heterocycles. The molecular formula is C14H23NO2S2. The first-order valence-corrected chi connectivity index (χ1v) is 9.51. The van der Waals surface area contributed by atoms with Crippen LogP contribution < -0.4 is 5.32 Å². The van der Waals surface area contributed by atoms with Gasteiger partial charge < -0.3 is 5.32 Å². The molecule has 0 bridgehead atoms. The monoisotopic (exact) mass is 301 g/mol. The van der Waals surface area contributed by atoms with Crippen LogP contribution >= 0.6 is 11.8 Å². The molecule has 0 heterocycles. The van der Waals surface area contributed by atoms with E-state index in [0.717, 1.165) is 25.3 Å². The Morgan fingerprint density at radius 1 is 1.26 bits per heavy atom. The highest BCUT2D eigenvalue weighted by Crippen LogP contribution is 2.20. The van der Waals surface area contributed by atoms with Gasteiger partial charge in [-0.05, 0) is 36.4 Å². The van der Waals surface area contributed by atoms with E-state index >= 15 is 0 Å². The summed E-state index contributed by atoms with van der Waals surface area (Å²) in [6, 6.07) is 8.40. The maximum atomic E-state index is 11.4. The van der Waals surface area contributed by atoms with Gasteiger partial charge in [0.05, 0.1) is 5.75 Å². The second-order valence-electron chi connectivity index (χ2n) is 4.37. The lowest BCUT2D eigenvalue weighted by atomic mass is 10.2. The molecule has 1 aromatic carbocycles. The van der Waals surface area contributed by atoms with Gasteiger partial charge in [-0.15, -0.1) is 11.8 Å². The van der Waals surface area contributed by atoms with Gasteiger partial charge in [0.25, 0.3) is 0 Å². The fourth-order valence-electron chi connectivity index (χ4n) is 1.63. The number of rotatable bonds is 9. The van der Waals surface area contributed by atoms with Gasteiger partial charge in [0, 0.05) is 17.2 Å². The molecule has 0 unspecified atom stereocenters. The molecule has 5 heteroatoms. The molecule has 0 aliphatic carbocycles. The number of sulfone groups is 1. The fraction of sp³-hybridized carbons (Fsp3) is 0.571. The van der Waals surface area contributed by atoms with Crippen LogP contribution in [0.4, 0.5) is 0 Å². The molecule has 0 aromatic heterocycles. The average Bonchev–Trinajstić information content (AvgIpc) is 2.42. The van der Waals surface area contributed by atoms with Crippen LogP contribution in [0.2, 0.25) is 0 Å². The largest absolute Gasteiger partial charge is 0.313 e. The zero-order chi connectivity index (χ0) is 14.1. The van der Waals surface area contributed by atoms with Crippen molar-refractivity contribution < 1.29 is 8.42 Å². The molecule has 3 nitrogen and oxygen atoms in total. The predicted molar refractivity (Wildman–Crippen MR) is 83.5 cm³/mol. The van der Waals surface area contributed by atoms with Crippen molar-refractivity contribution in [3.8, 4) is 0 Å². The Labute approximate surface area is 121 Å². The third kappa shape index (κ3) is 6.99. The van der Waals surface area contributed by atoms with Crippen molar-refractivity contribution in [1.29, 1.82) is 0 Å². The second-order valence-corrected chi connectivity index (χ2v) is 8.01. The molecule has 0 radical (unpaired) electrons. The summed E-state index contributed by atoms with van der Waals surface area (Å²) in [6.07, 6.45) is 0.721. The minimum absolute atomic E-state index is 0.246. The summed E-state index contributed by atoms with van der Waals surface area (Å²) in [5.41, 5.74) is 1.27. The summed E-state index contributed by atoms with van der Waals surface area (Å²) in [4.78, 5) is 1.21. The van der Waals surface area contributed by atoms with Crippen LogP contribution in [0.5, 0.6) is 0 Å². The highest BCUT2D eigenvalue weighted by atomic mass is 32.2. The van der Waals surface area contributed by atoms with E-state index in [2.05, 4.69) is 36.5 Å². The Morgan fingerprint density at radius 3 is 2.74 bits per heavy atom. The highest BCUT2D eigenvalue weighted by molar-refractivity contribution is 7.99. The van der Waals surface area contributed by atoms with Gasteiger partial charge in [0.2, 0.25) is 0 Å². The lowest BCUT2D eigenvalue weighted by Gasteiger charge is -2.06. The zero-order valence-corrected chi connectivity index (χ0v) is 13.3. The van der Waals surface area contributed by atoms with Crippen molar-refractivity contribution >= 4 is 21.6 Å². The van der Waals surface area contributed by atoms with Crippen LogP contribution in [0.25, 0.3) is 0 Å². The molecule has 0 aliphatic rings. The first-order valence-electron chi connectivity index (χ1n) is 6.70. The summed E-state index contributed by atoms with van der Waals surface area (Å²) in [5, 5.41) is 3.30. The summed E-state index contributed by atoms with van der Waals surface area (Å²) in [7, 11) is -2.82. The van der Waals surface area contributed by atoms with Gasteiger partial charge in [0.1, 0.15) is 9.84 Å². The van der Waals surface area contributed by atoms with Crippen LogP contribution in [0.3, 0.4) is 0 Å². The Morgan fingerprint density at radius 2 is 2.05 bits per heavy atom. The lowest BCUT2D eigenvalue weighted by Crippen LogP contribution is -2.11. The number of hydrogen-bond donors (Lipinski definition) is 1. The normalized spacial score (nSPS) is 11.7. The number of benzene rings is 1. The second kappa shape index (κ2) is 8.61. The molecule has 108 valence electrons. The van der Waals surface area contributed by atoms with Crippen molar-refractivity contribution in [2.24, 2.45) is 0 Å². The number of nitrogens with one attached hydrogen (secondary N) is 1. The van der Waals surface area contributed by atoms with E-state index in [1.165, 1.54) is 10.5 Å². The van der Waals surface area contributed by atoms with Crippen LogP contribution in [-0.4, -0.2) is 32.2 Å². The van der Waals surface area contributed by atoms with Crippen molar-refractivity contribution in [1.82, 2.24) is 5.32 Å². The SMILES string of the molecule is CCNCc1cccc(SCCCS(=O)(=O)CC)c1. The molecule has 0 amide bonds. The predicted octanol–water partition coefficient (Wildman–Crippen LogP) is 2.71. The molecule has 0 spiro atoms. The molecule has 0 saturated carbocycles. The Bertz CT molecular complexity index is 472. The first kappa shape index (κ1) is 16.5. The highest BCUT2D eigenvalue weighted by Gasteiger charge is 2.06. The van der Waals surface area contributed by atoms with Crippen molar-refractivity contribution in [3.05, 3.63) is 29.8 Å². The summed E-state index contributed by atoms with van der Waals surface area (Å²) >= 11 is 1.73. The quantitative estimate of drug-likeness (QED) is 0.563. The topological polar surface area (TPSA) is 46.2 Å². The van der Waals surface area contributed by atoms with E-state index in [4.69, 9.17) is 0 Å². The summed E-state index contributed by atoms with van der Waals surface area (Å²) in [5.74, 6) is 1.40. The fourth-order valence-corrected chi connectivity index (χ4v) is 3.62. The molecular weight excluding hydrogens is 278 g/mol. The Balaban J connectivity index is 2.37. The van der Waals surface area contributed by atoms with Gasteiger partial charge >= 0.3 is 0 Å². The van der Waals surface area contributed by atoms with Crippen molar-refractivity contribution in [2.45, 2.75) is 31.7 Å². The standard InChI is InChI=1S/C14H23NO2S2/c1-3-15-12-13-7-5-8-14(11-13)18-9-6-10-19(16,17)4-2/h5,7-8,11,15H,3-4,6,9-10,12H2,1-2H3. The maximum absolute atomic E-state index is 11.4. The molecule has 0 atom stereocenters. The molecule has 1 N–H and O–H groups in total. The van der Waals surface area contributed by atoms with Crippen LogP contribution in [0.1, 0.15) is 25.8 Å². The van der Waals surface area contributed by atoms with Crippen molar-refractivity contribution in [3.63, 3.8) is 0 Å². The number of thioether (sulfide) groups is 1. The van der Waals surface area contributed by atoms with Crippen LogP contribution in [-0.2, 0) is 16.4 Å². The van der Waals surface area contributed by atoms with Crippen molar-refractivity contribution in [2.75, 3.05) is 23.8 Å². The minimum Gasteiger partial charge on any atom is -0.313 e. The smallest absolute Gasteiger partial charge is 0.150 e. The third-order valence-electron chi connectivity index (χ3n) is 2.79. The minimum atomic E-state index is -2.82. The number of hydrogen-bond acceptors (Lipinski definition) is 4. The van der Waals surface area contributed by atoms with Gasteiger partial charge in [-0.2, -0.15) is 0 Å². The van der Waals surface area contributed by atoms with E-state index in [9.17, 15) is 8.42 Å².